The van der Waals surface area contributed by atoms with Crippen molar-refractivity contribution >= 4 is 55.6 Å². The second-order valence-electron chi connectivity index (χ2n) is 6.10. The summed E-state index contributed by atoms with van der Waals surface area (Å²) in [5.74, 6) is 0. The number of allylic oxidation sites excluding steroid dienone is 1. The number of rotatable bonds is 3. The van der Waals surface area contributed by atoms with Crippen LogP contribution in [0.15, 0.2) is 28.5 Å². The molecule has 1 heterocycles. The summed E-state index contributed by atoms with van der Waals surface area (Å²) in [5.41, 5.74) is 0.337. The summed E-state index contributed by atoms with van der Waals surface area (Å²) in [6.07, 6.45) is 1.38. The Bertz CT molecular complexity index is 1080. The standard InChI is InChI=1S/C17H14ClF3N2O3S2/c1-28(25,26)15-11-5-3-2-4-10(11)14(27-15)23-16(24)22-13-7-6-9(8-12(13)18)17(19,20)21/h3,5-8H,2,4H2,1H3,(H2,22,23,24). The molecule has 0 bridgehead atoms. The maximum atomic E-state index is 12.7. The van der Waals surface area contributed by atoms with E-state index < -0.39 is 27.6 Å². The number of fused-ring (bicyclic) bond motifs is 1. The van der Waals surface area contributed by atoms with Crippen molar-refractivity contribution in [2.24, 2.45) is 0 Å². The molecule has 28 heavy (non-hydrogen) atoms. The predicted molar refractivity (Wildman–Crippen MR) is 104 cm³/mol. The van der Waals surface area contributed by atoms with Crippen molar-refractivity contribution in [3.8, 4) is 0 Å². The van der Waals surface area contributed by atoms with E-state index >= 15 is 0 Å². The fourth-order valence-corrected chi connectivity index (χ4v) is 5.37. The summed E-state index contributed by atoms with van der Waals surface area (Å²) in [7, 11) is -3.48. The van der Waals surface area contributed by atoms with Crippen LogP contribution >= 0.6 is 22.9 Å². The number of thiophene rings is 1. The summed E-state index contributed by atoms with van der Waals surface area (Å²) in [6, 6.07) is 1.84. The van der Waals surface area contributed by atoms with Crippen LogP contribution < -0.4 is 10.6 Å². The highest BCUT2D eigenvalue weighted by atomic mass is 35.5. The molecular formula is C17H14ClF3N2O3S2. The molecule has 1 aromatic heterocycles. The number of benzene rings is 1. The first-order chi connectivity index (χ1) is 13.0. The van der Waals surface area contributed by atoms with Gasteiger partial charge in [-0.2, -0.15) is 13.2 Å². The minimum atomic E-state index is -4.55. The highest BCUT2D eigenvalue weighted by molar-refractivity contribution is 7.93. The van der Waals surface area contributed by atoms with E-state index in [1.165, 1.54) is 0 Å². The number of hydrogen-bond donors (Lipinski definition) is 2. The quantitative estimate of drug-likeness (QED) is 0.655. The van der Waals surface area contributed by atoms with E-state index in [2.05, 4.69) is 10.6 Å². The number of hydrogen-bond acceptors (Lipinski definition) is 4. The van der Waals surface area contributed by atoms with Gasteiger partial charge in [0.25, 0.3) is 0 Å². The average Bonchev–Trinajstić information content (AvgIpc) is 2.95. The fraction of sp³-hybridized carbons (Fsp3) is 0.235. The summed E-state index contributed by atoms with van der Waals surface area (Å²) in [6.45, 7) is 0. The van der Waals surface area contributed by atoms with Gasteiger partial charge in [-0.3, -0.25) is 5.32 Å². The molecule has 5 nitrogen and oxygen atoms in total. The Morgan fingerprint density at radius 1 is 1.25 bits per heavy atom. The molecule has 1 aromatic carbocycles. The molecule has 2 N–H and O–H groups in total. The number of urea groups is 1. The van der Waals surface area contributed by atoms with Gasteiger partial charge < -0.3 is 5.32 Å². The van der Waals surface area contributed by atoms with Crippen LogP contribution in [0, 0.1) is 0 Å². The first kappa shape index (κ1) is 20.7. The number of anilines is 2. The molecule has 1 aliphatic rings. The van der Waals surface area contributed by atoms with Gasteiger partial charge in [-0.25, -0.2) is 13.2 Å². The molecule has 0 fully saturated rings. The molecule has 0 radical (unpaired) electrons. The van der Waals surface area contributed by atoms with Crippen molar-refractivity contribution in [3.63, 3.8) is 0 Å². The van der Waals surface area contributed by atoms with Crippen LogP contribution in [0.1, 0.15) is 23.1 Å². The molecule has 0 spiro atoms. The molecule has 0 unspecified atom stereocenters. The number of carbonyl (C=O) groups is 1. The molecule has 0 saturated heterocycles. The summed E-state index contributed by atoms with van der Waals surface area (Å²) >= 11 is 6.77. The van der Waals surface area contributed by atoms with Gasteiger partial charge in [-0.15, -0.1) is 11.3 Å². The van der Waals surface area contributed by atoms with Crippen molar-refractivity contribution in [1.29, 1.82) is 0 Å². The molecule has 1 aliphatic carbocycles. The Hall–Kier alpha value is -2.04. The number of carbonyl (C=O) groups excluding carboxylic acids is 1. The van der Waals surface area contributed by atoms with Crippen LogP contribution in [0.5, 0.6) is 0 Å². The third-order valence-corrected chi connectivity index (χ3v) is 7.29. The largest absolute Gasteiger partial charge is 0.416 e. The Morgan fingerprint density at radius 2 is 1.96 bits per heavy atom. The van der Waals surface area contributed by atoms with Gasteiger partial charge in [0.05, 0.1) is 16.3 Å². The van der Waals surface area contributed by atoms with E-state index in [-0.39, 0.29) is 14.9 Å². The first-order valence-corrected chi connectivity index (χ1v) is 11.0. The van der Waals surface area contributed by atoms with Gasteiger partial charge in [-0.1, -0.05) is 23.8 Å². The highest BCUT2D eigenvalue weighted by Gasteiger charge is 2.31. The third-order valence-electron chi connectivity index (χ3n) is 3.97. The Kier molecular flexibility index (Phi) is 5.48. The molecule has 2 aromatic rings. The second-order valence-corrected chi connectivity index (χ2v) is 9.73. The lowest BCUT2D eigenvalue weighted by Crippen LogP contribution is -2.20. The maximum absolute atomic E-state index is 12.7. The van der Waals surface area contributed by atoms with Gasteiger partial charge in [0.2, 0.25) is 0 Å². The van der Waals surface area contributed by atoms with E-state index in [4.69, 9.17) is 11.6 Å². The molecule has 11 heteroatoms. The molecule has 0 saturated carbocycles. The highest BCUT2D eigenvalue weighted by Crippen LogP contribution is 2.40. The number of sulfone groups is 1. The number of alkyl halides is 3. The van der Waals surface area contributed by atoms with Crippen molar-refractivity contribution in [2.45, 2.75) is 23.2 Å². The SMILES string of the molecule is CS(=O)(=O)c1sc(NC(=O)Nc2ccc(C(F)(F)F)cc2Cl)c2c1C=CCC2. The third kappa shape index (κ3) is 4.34. The molecule has 2 amide bonds. The molecule has 3 rings (SSSR count). The van der Waals surface area contributed by atoms with Crippen molar-refractivity contribution in [2.75, 3.05) is 16.9 Å². The van der Waals surface area contributed by atoms with Crippen LogP contribution in [0.3, 0.4) is 0 Å². The zero-order valence-corrected chi connectivity index (χ0v) is 16.7. The van der Waals surface area contributed by atoms with E-state index in [0.29, 0.717) is 29.0 Å². The zero-order chi connectivity index (χ0) is 20.7. The predicted octanol–water partition coefficient (Wildman–Crippen LogP) is 5.43. The van der Waals surface area contributed by atoms with Crippen LogP contribution in [0.25, 0.3) is 6.08 Å². The van der Waals surface area contributed by atoms with Crippen LogP contribution in [-0.2, 0) is 22.4 Å². The van der Waals surface area contributed by atoms with Gasteiger partial charge >= 0.3 is 12.2 Å². The number of nitrogens with one attached hydrogen (secondary N) is 2. The Balaban J connectivity index is 1.83. The lowest BCUT2D eigenvalue weighted by Gasteiger charge is -2.12. The summed E-state index contributed by atoms with van der Waals surface area (Å²) in [4.78, 5) is 12.3. The smallest absolute Gasteiger partial charge is 0.306 e. The second kappa shape index (κ2) is 7.41. The summed E-state index contributed by atoms with van der Waals surface area (Å²) in [5, 5.41) is 5.06. The number of halogens is 4. The Morgan fingerprint density at radius 3 is 2.57 bits per heavy atom. The van der Waals surface area contributed by atoms with Gasteiger partial charge in [0.1, 0.15) is 9.21 Å². The normalized spacial score (nSPS) is 13.9. The van der Waals surface area contributed by atoms with Crippen LogP contribution in [0.4, 0.5) is 28.7 Å². The zero-order valence-electron chi connectivity index (χ0n) is 14.4. The van der Waals surface area contributed by atoms with E-state index in [1.807, 2.05) is 6.08 Å². The van der Waals surface area contributed by atoms with Crippen LogP contribution in [-0.4, -0.2) is 20.7 Å². The van der Waals surface area contributed by atoms with Crippen molar-refractivity contribution in [3.05, 3.63) is 46.0 Å². The summed E-state index contributed by atoms with van der Waals surface area (Å²) < 4.78 is 62.2. The van der Waals surface area contributed by atoms with Gasteiger partial charge in [0.15, 0.2) is 9.84 Å². The molecule has 0 atom stereocenters. The molecule has 0 aliphatic heterocycles. The maximum Gasteiger partial charge on any atom is 0.416 e. The average molecular weight is 451 g/mol. The molecular weight excluding hydrogens is 437 g/mol. The van der Waals surface area contributed by atoms with Crippen LogP contribution in [0.2, 0.25) is 5.02 Å². The van der Waals surface area contributed by atoms with E-state index in [1.54, 1.807) is 6.08 Å². The Labute approximate surface area is 168 Å². The van der Waals surface area contributed by atoms with Crippen molar-refractivity contribution in [1.82, 2.24) is 0 Å². The number of amides is 2. The topological polar surface area (TPSA) is 75.3 Å². The van der Waals surface area contributed by atoms with E-state index in [0.717, 1.165) is 35.8 Å². The first-order valence-electron chi connectivity index (χ1n) is 7.94. The van der Waals surface area contributed by atoms with Crippen molar-refractivity contribution < 1.29 is 26.4 Å². The monoisotopic (exact) mass is 450 g/mol. The lowest BCUT2D eigenvalue weighted by atomic mass is 10.0. The van der Waals surface area contributed by atoms with Gasteiger partial charge in [0, 0.05) is 11.8 Å². The fourth-order valence-electron chi connectivity index (χ4n) is 2.73. The van der Waals surface area contributed by atoms with Gasteiger partial charge in [-0.05, 0) is 36.6 Å². The van der Waals surface area contributed by atoms with E-state index in [9.17, 15) is 26.4 Å². The minimum absolute atomic E-state index is 0.000762. The lowest BCUT2D eigenvalue weighted by molar-refractivity contribution is -0.137. The minimum Gasteiger partial charge on any atom is -0.306 e. The molecule has 150 valence electrons.